The van der Waals surface area contributed by atoms with Gasteiger partial charge in [-0.2, -0.15) is 0 Å². The molecule has 0 aliphatic rings. The summed E-state index contributed by atoms with van der Waals surface area (Å²) in [6.07, 6.45) is -0.990. The van der Waals surface area contributed by atoms with Crippen molar-refractivity contribution in [3.8, 4) is 11.5 Å². The topological polar surface area (TPSA) is 93.7 Å². The fourth-order valence-corrected chi connectivity index (χ4v) is 2.90. The number of ether oxygens (including phenoxy) is 2. The van der Waals surface area contributed by atoms with Crippen molar-refractivity contribution in [3.63, 3.8) is 0 Å². The van der Waals surface area contributed by atoms with Crippen molar-refractivity contribution in [1.29, 1.82) is 0 Å². The highest BCUT2D eigenvalue weighted by molar-refractivity contribution is 7.89. The van der Waals surface area contributed by atoms with Crippen LogP contribution in [0, 0.1) is 5.82 Å². The van der Waals surface area contributed by atoms with E-state index in [0.29, 0.717) is 18.1 Å². The van der Waals surface area contributed by atoms with Gasteiger partial charge in [-0.05, 0) is 50.2 Å². The molecule has 0 saturated carbocycles. The van der Waals surface area contributed by atoms with E-state index >= 15 is 0 Å². The molecule has 2 aromatic carbocycles. The van der Waals surface area contributed by atoms with E-state index in [0.717, 1.165) is 12.1 Å². The first kappa shape index (κ1) is 19.7. The van der Waals surface area contributed by atoms with Crippen LogP contribution in [0.2, 0.25) is 0 Å². The Bertz CT molecular complexity index is 856. The summed E-state index contributed by atoms with van der Waals surface area (Å²) in [6, 6.07) is 11.4. The summed E-state index contributed by atoms with van der Waals surface area (Å²) in [6.45, 7) is 3.84. The molecule has 26 heavy (non-hydrogen) atoms. The molecule has 0 fully saturated rings. The van der Waals surface area contributed by atoms with Crippen molar-refractivity contribution in [2.24, 2.45) is 0 Å². The number of sulfonamides is 1. The molecule has 0 bridgehead atoms. The van der Waals surface area contributed by atoms with Crippen LogP contribution in [0.25, 0.3) is 0 Å². The van der Waals surface area contributed by atoms with Crippen molar-refractivity contribution in [2.45, 2.75) is 24.8 Å². The van der Waals surface area contributed by atoms with E-state index in [2.05, 4.69) is 0 Å². The van der Waals surface area contributed by atoms with Crippen molar-refractivity contribution in [1.82, 2.24) is 10.3 Å². The van der Waals surface area contributed by atoms with Gasteiger partial charge in [0.05, 0.1) is 6.61 Å². The zero-order valence-electron chi connectivity index (χ0n) is 14.2. The van der Waals surface area contributed by atoms with Crippen molar-refractivity contribution in [3.05, 3.63) is 54.3 Å². The zero-order chi connectivity index (χ0) is 19.2. The van der Waals surface area contributed by atoms with Gasteiger partial charge in [-0.15, -0.1) is 4.83 Å². The van der Waals surface area contributed by atoms with Crippen LogP contribution in [0.15, 0.2) is 53.4 Å². The Hall–Kier alpha value is -2.65. The van der Waals surface area contributed by atoms with Crippen LogP contribution >= 0.6 is 0 Å². The number of amides is 1. The van der Waals surface area contributed by atoms with E-state index in [1.54, 1.807) is 24.3 Å². The molecule has 0 aliphatic carbocycles. The highest BCUT2D eigenvalue weighted by Gasteiger charge is 2.21. The first-order chi connectivity index (χ1) is 12.3. The molecular formula is C17H19FN2O5S. The molecule has 9 heteroatoms. The average Bonchev–Trinajstić information content (AvgIpc) is 2.62. The Morgan fingerprint density at radius 1 is 1.12 bits per heavy atom. The minimum atomic E-state index is -4.23. The summed E-state index contributed by atoms with van der Waals surface area (Å²) in [7, 11) is -4.23. The highest BCUT2D eigenvalue weighted by atomic mass is 32.2. The van der Waals surface area contributed by atoms with Gasteiger partial charge < -0.3 is 9.47 Å². The number of benzene rings is 2. The van der Waals surface area contributed by atoms with Crippen molar-refractivity contribution < 1.29 is 27.1 Å². The molecule has 0 aliphatic heterocycles. The van der Waals surface area contributed by atoms with Gasteiger partial charge in [0.25, 0.3) is 15.9 Å². The summed E-state index contributed by atoms with van der Waals surface area (Å²) in [5, 5.41) is 0. The van der Waals surface area contributed by atoms with Crippen LogP contribution in [-0.4, -0.2) is 27.0 Å². The molecular weight excluding hydrogens is 363 g/mol. The van der Waals surface area contributed by atoms with Gasteiger partial charge in [-0.1, -0.05) is 12.1 Å². The molecule has 2 rings (SSSR count). The van der Waals surface area contributed by atoms with Gasteiger partial charge >= 0.3 is 0 Å². The smallest absolute Gasteiger partial charge is 0.275 e. The predicted octanol–water partition coefficient (Wildman–Crippen LogP) is 2.00. The minimum Gasteiger partial charge on any atom is -0.494 e. The molecule has 2 N–H and O–H groups in total. The number of hydrazine groups is 1. The van der Waals surface area contributed by atoms with Gasteiger partial charge in [0, 0.05) is 0 Å². The van der Waals surface area contributed by atoms with E-state index in [4.69, 9.17) is 9.47 Å². The van der Waals surface area contributed by atoms with Crippen LogP contribution in [0.1, 0.15) is 13.8 Å². The van der Waals surface area contributed by atoms with E-state index in [1.807, 2.05) is 17.2 Å². The molecule has 0 unspecified atom stereocenters. The molecule has 0 radical (unpaired) electrons. The monoisotopic (exact) mass is 382 g/mol. The number of carbonyl (C=O) groups excluding carboxylic acids is 1. The van der Waals surface area contributed by atoms with E-state index in [1.165, 1.54) is 19.1 Å². The summed E-state index contributed by atoms with van der Waals surface area (Å²) in [5.74, 6) is -0.589. The molecule has 1 amide bonds. The van der Waals surface area contributed by atoms with Crippen molar-refractivity contribution >= 4 is 15.9 Å². The third-order valence-corrected chi connectivity index (χ3v) is 4.53. The number of halogens is 1. The van der Waals surface area contributed by atoms with Gasteiger partial charge in [0.15, 0.2) is 6.10 Å². The molecule has 0 heterocycles. The average molecular weight is 382 g/mol. The second-order valence-corrected chi connectivity index (χ2v) is 6.84. The Kier molecular flexibility index (Phi) is 6.53. The van der Waals surface area contributed by atoms with Crippen LogP contribution in [-0.2, 0) is 14.8 Å². The Balaban J connectivity index is 1.93. The summed E-state index contributed by atoms with van der Waals surface area (Å²) in [5.41, 5.74) is 2.01. The maximum atomic E-state index is 13.6. The first-order valence-electron chi connectivity index (χ1n) is 7.79. The van der Waals surface area contributed by atoms with Crippen LogP contribution in [0.3, 0.4) is 0 Å². The quantitative estimate of drug-likeness (QED) is 0.681. The summed E-state index contributed by atoms with van der Waals surface area (Å²) in [4.78, 5) is 13.3. The van der Waals surface area contributed by atoms with Gasteiger partial charge in [0.1, 0.15) is 22.2 Å². The van der Waals surface area contributed by atoms with Gasteiger partial charge in [0.2, 0.25) is 0 Å². The maximum Gasteiger partial charge on any atom is 0.275 e. The summed E-state index contributed by atoms with van der Waals surface area (Å²) < 4.78 is 48.3. The van der Waals surface area contributed by atoms with Gasteiger partial charge in [-0.25, -0.2) is 12.8 Å². The lowest BCUT2D eigenvalue weighted by atomic mass is 10.3. The Morgan fingerprint density at radius 3 is 2.35 bits per heavy atom. The van der Waals surface area contributed by atoms with E-state index < -0.39 is 32.7 Å². The van der Waals surface area contributed by atoms with Crippen LogP contribution < -0.4 is 19.7 Å². The molecule has 1 atom stereocenters. The molecule has 0 spiro atoms. The summed E-state index contributed by atoms with van der Waals surface area (Å²) >= 11 is 0. The van der Waals surface area contributed by atoms with E-state index in [-0.39, 0.29) is 0 Å². The molecule has 140 valence electrons. The predicted molar refractivity (Wildman–Crippen MR) is 92.6 cm³/mol. The molecule has 2 aromatic rings. The van der Waals surface area contributed by atoms with E-state index in [9.17, 15) is 17.6 Å². The third-order valence-electron chi connectivity index (χ3n) is 3.25. The fourth-order valence-electron chi connectivity index (χ4n) is 1.98. The van der Waals surface area contributed by atoms with Crippen molar-refractivity contribution in [2.75, 3.05) is 6.61 Å². The second kappa shape index (κ2) is 8.63. The fraction of sp³-hybridized carbons (Fsp3) is 0.235. The Morgan fingerprint density at radius 2 is 1.73 bits per heavy atom. The first-order valence-corrected chi connectivity index (χ1v) is 9.27. The molecule has 0 aromatic heterocycles. The maximum absolute atomic E-state index is 13.6. The highest BCUT2D eigenvalue weighted by Crippen LogP contribution is 2.18. The largest absolute Gasteiger partial charge is 0.494 e. The minimum absolute atomic E-state index is 0.410. The van der Waals surface area contributed by atoms with Crippen LogP contribution in [0.4, 0.5) is 4.39 Å². The number of hydrogen-bond acceptors (Lipinski definition) is 5. The number of hydrogen-bond donors (Lipinski definition) is 2. The normalized spacial score (nSPS) is 12.3. The lowest BCUT2D eigenvalue weighted by molar-refractivity contribution is -0.127. The molecule has 0 saturated heterocycles. The number of nitrogens with one attached hydrogen (secondary N) is 2. The van der Waals surface area contributed by atoms with Gasteiger partial charge in [-0.3, -0.25) is 10.2 Å². The standard InChI is InChI=1S/C17H19FN2O5S/c1-3-24-13-8-10-14(11-9-13)25-12(2)17(21)19-20-26(22,23)16-7-5-4-6-15(16)18/h4-12,20H,3H2,1-2H3,(H,19,21)/t12-/m0/s1. The lowest BCUT2D eigenvalue weighted by Gasteiger charge is -2.15. The molecule has 7 nitrogen and oxygen atoms in total. The second-order valence-electron chi connectivity index (χ2n) is 5.19. The van der Waals surface area contributed by atoms with Crippen LogP contribution in [0.5, 0.6) is 11.5 Å². The Labute approximate surface area is 151 Å². The number of carbonyl (C=O) groups is 1. The lowest BCUT2D eigenvalue weighted by Crippen LogP contribution is -2.47. The zero-order valence-corrected chi connectivity index (χ0v) is 15.0. The SMILES string of the molecule is CCOc1ccc(O[C@@H](C)C(=O)NNS(=O)(=O)c2ccccc2F)cc1. The third kappa shape index (κ3) is 5.17. The number of rotatable bonds is 8.